The number of hydrogen-bond donors (Lipinski definition) is 1. The van der Waals surface area contributed by atoms with E-state index in [4.69, 9.17) is 0 Å². The highest BCUT2D eigenvalue weighted by atomic mass is 32.2. The number of thioether (sulfide) groups is 1. The lowest BCUT2D eigenvalue weighted by Gasteiger charge is -2.10. The van der Waals surface area contributed by atoms with E-state index < -0.39 is 0 Å². The Balaban J connectivity index is 1.27. The zero-order valence-electron chi connectivity index (χ0n) is 18.6. The number of aryl methyl sites for hydroxylation is 2. The van der Waals surface area contributed by atoms with Crippen LogP contribution >= 0.6 is 11.8 Å². The van der Waals surface area contributed by atoms with Crippen molar-refractivity contribution < 1.29 is 4.79 Å². The second kappa shape index (κ2) is 9.27. The van der Waals surface area contributed by atoms with Crippen LogP contribution in [0.15, 0.2) is 70.6 Å². The summed E-state index contributed by atoms with van der Waals surface area (Å²) in [7, 11) is 0. The predicted molar refractivity (Wildman–Crippen MR) is 131 cm³/mol. The second-order valence-corrected chi connectivity index (χ2v) is 9.26. The minimum absolute atomic E-state index is 0.0116. The van der Waals surface area contributed by atoms with E-state index >= 15 is 0 Å². The van der Waals surface area contributed by atoms with E-state index in [0.29, 0.717) is 24.2 Å². The number of fused-ring (bicyclic) bond motifs is 3. The van der Waals surface area contributed by atoms with Crippen LogP contribution in [0.1, 0.15) is 45.6 Å². The molecule has 1 aliphatic carbocycles. The van der Waals surface area contributed by atoms with Gasteiger partial charge in [0.2, 0.25) is 0 Å². The third kappa shape index (κ3) is 4.46. The molecule has 7 heteroatoms. The summed E-state index contributed by atoms with van der Waals surface area (Å²) in [5.74, 6) is -0.111. The largest absolute Gasteiger partial charge is 0.348 e. The maximum Gasteiger partial charge on any atom is 0.277 e. The van der Waals surface area contributed by atoms with Crippen LogP contribution in [0.25, 0.3) is 5.52 Å². The molecule has 2 aromatic carbocycles. The van der Waals surface area contributed by atoms with Crippen molar-refractivity contribution in [2.24, 2.45) is 0 Å². The SMILES string of the molecule is CSc1ccc(CNC(=O)c2ccc(Cn3ccn4nc5c(c4c3=O)CCCC5)cc2)cc1. The van der Waals surface area contributed by atoms with Crippen molar-refractivity contribution in [1.29, 1.82) is 0 Å². The molecule has 1 amide bonds. The molecule has 1 N–H and O–H groups in total. The van der Waals surface area contributed by atoms with Gasteiger partial charge < -0.3 is 9.88 Å². The van der Waals surface area contributed by atoms with Crippen LogP contribution in [0.2, 0.25) is 0 Å². The summed E-state index contributed by atoms with van der Waals surface area (Å²) in [6.45, 7) is 0.944. The number of nitrogens with zero attached hydrogens (tertiary/aromatic N) is 3. The smallest absolute Gasteiger partial charge is 0.277 e. The number of aromatic nitrogens is 3. The van der Waals surface area contributed by atoms with Crippen molar-refractivity contribution >= 4 is 23.2 Å². The standard InChI is InChI=1S/C26H26N4O2S/c1-33-21-12-8-18(9-13-21)16-27-25(31)20-10-6-19(7-11-20)17-29-14-15-30-24(26(29)32)22-4-2-3-5-23(22)28-30/h6-15H,2-5,16-17H2,1H3,(H,27,31). The molecule has 0 radical (unpaired) electrons. The Morgan fingerprint density at radius 3 is 2.48 bits per heavy atom. The lowest BCUT2D eigenvalue weighted by Crippen LogP contribution is -2.23. The Hall–Kier alpha value is -3.32. The highest BCUT2D eigenvalue weighted by molar-refractivity contribution is 7.98. The zero-order valence-corrected chi connectivity index (χ0v) is 19.4. The van der Waals surface area contributed by atoms with E-state index in [-0.39, 0.29) is 11.5 Å². The summed E-state index contributed by atoms with van der Waals surface area (Å²) < 4.78 is 3.45. The van der Waals surface area contributed by atoms with E-state index in [0.717, 1.165) is 48.1 Å². The number of benzene rings is 2. The fourth-order valence-corrected chi connectivity index (χ4v) is 4.77. The Morgan fingerprint density at radius 2 is 1.73 bits per heavy atom. The molecule has 168 valence electrons. The van der Waals surface area contributed by atoms with E-state index in [2.05, 4.69) is 22.5 Å². The normalized spacial score (nSPS) is 13.1. The summed E-state index contributed by atoms with van der Waals surface area (Å²) in [6, 6.07) is 15.6. The summed E-state index contributed by atoms with van der Waals surface area (Å²) in [4.78, 5) is 26.9. The van der Waals surface area contributed by atoms with Crippen LogP contribution in [0.5, 0.6) is 0 Å². The van der Waals surface area contributed by atoms with Gasteiger partial charge in [-0.1, -0.05) is 24.3 Å². The highest BCUT2D eigenvalue weighted by Crippen LogP contribution is 2.22. The third-order valence-electron chi connectivity index (χ3n) is 6.21. The first kappa shape index (κ1) is 21.5. The van der Waals surface area contributed by atoms with Gasteiger partial charge in [-0.05, 0) is 67.3 Å². The molecule has 2 heterocycles. The fourth-order valence-electron chi connectivity index (χ4n) is 4.37. The lowest BCUT2D eigenvalue weighted by atomic mass is 9.97. The van der Waals surface area contributed by atoms with Crippen LogP contribution in [0.3, 0.4) is 0 Å². The van der Waals surface area contributed by atoms with Crippen LogP contribution < -0.4 is 10.9 Å². The predicted octanol–water partition coefficient (Wildman–Crippen LogP) is 4.08. The summed E-state index contributed by atoms with van der Waals surface area (Å²) in [5.41, 5.74) is 5.50. The Labute approximate surface area is 196 Å². The topological polar surface area (TPSA) is 68.4 Å². The van der Waals surface area contributed by atoms with Crippen molar-refractivity contribution in [2.45, 2.75) is 43.7 Å². The zero-order chi connectivity index (χ0) is 22.8. The molecule has 2 aromatic heterocycles. The molecule has 0 saturated heterocycles. The average molecular weight is 459 g/mol. The van der Waals surface area contributed by atoms with E-state index in [1.165, 1.54) is 4.90 Å². The molecule has 0 aliphatic heterocycles. The van der Waals surface area contributed by atoms with Crippen molar-refractivity contribution in [3.8, 4) is 0 Å². The van der Waals surface area contributed by atoms with Gasteiger partial charge in [-0.15, -0.1) is 11.8 Å². The van der Waals surface area contributed by atoms with Crippen LogP contribution in [0.4, 0.5) is 0 Å². The first-order valence-corrected chi connectivity index (χ1v) is 12.4. The maximum atomic E-state index is 13.1. The van der Waals surface area contributed by atoms with Gasteiger partial charge in [-0.25, -0.2) is 4.52 Å². The summed E-state index contributed by atoms with van der Waals surface area (Å²) >= 11 is 1.70. The van der Waals surface area contributed by atoms with Gasteiger partial charge in [-0.3, -0.25) is 9.59 Å². The van der Waals surface area contributed by atoms with Crippen molar-refractivity contribution in [3.05, 3.63) is 99.2 Å². The number of carbonyl (C=O) groups excluding carboxylic acids is 1. The van der Waals surface area contributed by atoms with Gasteiger partial charge in [0.25, 0.3) is 11.5 Å². The Morgan fingerprint density at radius 1 is 1.00 bits per heavy atom. The molecular formula is C26H26N4O2S. The van der Waals surface area contributed by atoms with Gasteiger partial charge in [0.1, 0.15) is 5.52 Å². The number of amides is 1. The molecule has 6 nitrogen and oxygen atoms in total. The van der Waals surface area contributed by atoms with Crippen molar-refractivity contribution in [1.82, 2.24) is 19.5 Å². The molecule has 0 saturated carbocycles. The van der Waals surface area contributed by atoms with E-state index in [1.54, 1.807) is 27.0 Å². The van der Waals surface area contributed by atoms with E-state index in [1.807, 2.05) is 48.9 Å². The monoisotopic (exact) mass is 458 g/mol. The molecule has 0 spiro atoms. The van der Waals surface area contributed by atoms with Gasteiger partial charge >= 0.3 is 0 Å². The van der Waals surface area contributed by atoms with Crippen LogP contribution in [-0.4, -0.2) is 26.3 Å². The Kier molecular flexibility index (Phi) is 6.05. The maximum absolute atomic E-state index is 13.1. The minimum atomic E-state index is -0.111. The average Bonchev–Trinajstić information content (AvgIpc) is 3.24. The molecular weight excluding hydrogens is 432 g/mol. The van der Waals surface area contributed by atoms with E-state index in [9.17, 15) is 9.59 Å². The second-order valence-electron chi connectivity index (χ2n) is 8.38. The highest BCUT2D eigenvalue weighted by Gasteiger charge is 2.19. The van der Waals surface area contributed by atoms with Gasteiger partial charge in [0.15, 0.2) is 0 Å². The van der Waals surface area contributed by atoms with Gasteiger partial charge in [0, 0.05) is 35.0 Å². The molecule has 0 bridgehead atoms. The first-order valence-electron chi connectivity index (χ1n) is 11.2. The molecule has 5 rings (SSSR count). The fraction of sp³-hybridized carbons (Fsp3) is 0.269. The first-order chi connectivity index (χ1) is 16.1. The number of carbonyl (C=O) groups is 1. The third-order valence-corrected chi connectivity index (χ3v) is 6.96. The molecule has 33 heavy (non-hydrogen) atoms. The van der Waals surface area contributed by atoms with Crippen LogP contribution in [-0.2, 0) is 25.9 Å². The molecule has 4 aromatic rings. The number of rotatable bonds is 6. The lowest BCUT2D eigenvalue weighted by molar-refractivity contribution is 0.0951. The molecule has 0 atom stereocenters. The molecule has 0 unspecified atom stereocenters. The van der Waals surface area contributed by atoms with Crippen molar-refractivity contribution in [2.75, 3.05) is 6.26 Å². The van der Waals surface area contributed by atoms with Crippen LogP contribution in [0, 0.1) is 0 Å². The molecule has 0 fully saturated rings. The number of hydrogen-bond acceptors (Lipinski definition) is 4. The quantitative estimate of drug-likeness (QED) is 0.442. The van der Waals surface area contributed by atoms with Gasteiger partial charge in [-0.2, -0.15) is 5.10 Å². The van der Waals surface area contributed by atoms with Gasteiger partial charge in [0.05, 0.1) is 12.2 Å². The van der Waals surface area contributed by atoms with Crippen molar-refractivity contribution in [3.63, 3.8) is 0 Å². The summed E-state index contributed by atoms with van der Waals surface area (Å²) in [5, 5.41) is 7.57. The Bertz CT molecular complexity index is 1350. The summed E-state index contributed by atoms with van der Waals surface area (Å²) in [6.07, 6.45) is 9.80. The molecule has 1 aliphatic rings. The minimum Gasteiger partial charge on any atom is -0.348 e. The number of nitrogens with one attached hydrogen (secondary N) is 1.